The van der Waals surface area contributed by atoms with E-state index in [2.05, 4.69) is 10.6 Å². The molecule has 0 aromatic carbocycles. The number of carbonyl (C=O) groups excluding carboxylic acids is 1. The molecule has 1 unspecified atom stereocenters. The normalized spacial score (nSPS) is 11.8. The standard InChI is InChI=1S/C11H16N2O4/c1-8(7-9-3-2-6-17-9)13-11(16)12-5-4-10(14)15/h2-3,6,8H,4-5,7H2,1H3,(H,14,15)(H2,12,13,16). The minimum atomic E-state index is -0.936. The number of rotatable bonds is 6. The molecule has 0 aliphatic heterocycles. The summed E-state index contributed by atoms with van der Waals surface area (Å²) in [5.41, 5.74) is 0. The monoisotopic (exact) mass is 240 g/mol. The van der Waals surface area contributed by atoms with E-state index in [1.165, 1.54) is 0 Å². The summed E-state index contributed by atoms with van der Waals surface area (Å²) in [6, 6.07) is 3.17. The van der Waals surface area contributed by atoms with Crippen LogP contribution in [0.5, 0.6) is 0 Å². The maximum atomic E-state index is 11.3. The molecule has 1 aromatic rings. The maximum absolute atomic E-state index is 11.3. The van der Waals surface area contributed by atoms with Crippen molar-refractivity contribution in [1.29, 1.82) is 0 Å². The van der Waals surface area contributed by atoms with Crippen molar-refractivity contribution in [2.45, 2.75) is 25.8 Å². The van der Waals surface area contributed by atoms with Crippen LogP contribution in [0, 0.1) is 0 Å². The Morgan fingerprint density at radius 1 is 1.53 bits per heavy atom. The van der Waals surface area contributed by atoms with Crippen LogP contribution in [0.15, 0.2) is 22.8 Å². The van der Waals surface area contributed by atoms with E-state index in [1.807, 2.05) is 13.0 Å². The van der Waals surface area contributed by atoms with Crippen molar-refractivity contribution >= 4 is 12.0 Å². The third-order valence-corrected chi connectivity index (χ3v) is 2.09. The highest BCUT2D eigenvalue weighted by molar-refractivity contribution is 5.75. The predicted molar refractivity (Wildman–Crippen MR) is 60.7 cm³/mol. The van der Waals surface area contributed by atoms with Crippen LogP contribution < -0.4 is 10.6 Å². The van der Waals surface area contributed by atoms with E-state index in [0.717, 1.165) is 5.76 Å². The van der Waals surface area contributed by atoms with Gasteiger partial charge in [-0.1, -0.05) is 0 Å². The van der Waals surface area contributed by atoms with Crippen LogP contribution in [0.1, 0.15) is 19.1 Å². The van der Waals surface area contributed by atoms with E-state index >= 15 is 0 Å². The molecular weight excluding hydrogens is 224 g/mol. The van der Waals surface area contributed by atoms with Crippen molar-refractivity contribution in [3.63, 3.8) is 0 Å². The molecule has 0 spiro atoms. The molecule has 17 heavy (non-hydrogen) atoms. The fraction of sp³-hybridized carbons (Fsp3) is 0.455. The summed E-state index contributed by atoms with van der Waals surface area (Å²) < 4.78 is 5.15. The van der Waals surface area contributed by atoms with Crippen molar-refractivity contribution in [3.05, 3.63) is 24.2 Å². The van der Waals surface area contributed by atoms with Gasteiger partial charge in [-0.3, -0.25) is 4.79 Å². The SMILES string of the molecule is CC(Cc1ccco1)NC(=O)NCCC(=O)O. The zero-order chi connectivity index (χ0) is 12.7. The molecule has 1 atom stereocenters. The number of nitrogens with one attached hydrogen (secondary N) is 2. The van der Waals surface area contributed by atoms with Gasteiger partial charge in [0.25, 0.3) is 0 Å². The van der Waals surface area contributed by atoms with E-state index in [9.17, 15) is 9.59 Å². The van der Waals surface area contributed by atoms with E-state index in [4.69, 9.17) is 9.52 Å². The number of carboxylic acid groups (broad SMARTS) is 1. The largest absolute Gasteiger partial charge is 0.481 e. The number of amides is 2. The van der Waals surface area contributed by atoms with Gasteiger partial charge in [0.15, 0.2) is 0 Å². The Hall–Kier alpha value is -1.98. The first-order chi connectivity index (χ1) is 8.08. The molecule has 6 nitrogen and oxygen atoms in total. The van der Waals surface area contributed by atoms with Gasteiger partial charge in [-0.25, -0.2) is 4.79 Å². The molecule has 94 valence electrons. The summed E-state index contributed by atoms with van der Waals surface area (Å²) in [6.45, 7) is 1.97. The van der Waals surface area contributed by atoms with Crippen molar-refractivity contribution in [3.8, 4) is 0 Å². The van der Waals surface area contributed by atoms with E-state index in [1.54, 1.807) is 12.3 Å². The molecule has 6 heteroatoms. The number of urea groups is 1. The number of hydrogen-bond donors (Lipinski definition) is 3. The summed E-state index contributed by atoms with van der Waals surface area (Å²) >= 11 is 0. The van der Waals surface area contributed by atoms with Crippen LogP contribution in [0.3, 0.4) is 0 Å². The number of hydrogen-bond acceptors (Lipinski definition) is 3. The van der Waals surface area contributed by atoms with E-state index in [0.29, 0.717) is 6.42 Å². The second-order valence-electron chi connectivity index (χ2n) is 3.73. The van der Waals surface area contributed by atoms with Gasteiger partial charge in [0, 0.05) is 19.0 Å². The van der Waals surface area contributed by atoms with Gasteiger partial charge >= 0.3 is 12.0 Å². The lowest BCUT2D eigenvalue weighted by atomic mass is 10.2. The van der Waals surface area contributed by atoms with Gasteiger partial charge in [0.05, 0.1) is 12.7 Å². The van der Waals surface area contributed by atoms with Gasteiger partial charge in [-0.2, -0.15) is 0 Å². The van der Waals surface area contributed by atoms with Crippen LogP contribution in [0.25, 0.3) is 0 Å². The Kier molecular flexibility index (Phi) is 5.06. The lowest BCUT2D eigenvalue weighted by Crippen LogP contribution is -2.42. The highest BCUT2D eigenvalue weighted by atomic mass is 16.4. The van der Waals surface area contributed by atoms with E-state index < -0.39 is 5.97 Å². The minimum Gasteiger partial charge on any atom is -0.481 e. The summed E-state index contributed by atoms with van der Waals surface area (Å²) in [6.07, 6.45) is 2.09. The topological polar surface area (TPSA) is 91.6 Å². The molecule has 0 bridgehead atoms. The predicted octanol–water partition coefficient (Wildman–Crippen LogP) is 0.984. The lowest BCUT2D eigenvalue weighted by molar-refractivity contribution is -0.136. The summed E-state index contributed by atoms with van der Waals surface area (Å²) in [5.74, 6) is -0.141. The molecule has 2 amide bonds. The summed E-state index contributed by atoms with van der Waals surface area (Å²) in [5, 5.41) is 13.5. The first-order valence-corrected chi connectivity index (χ1v) is 5.36. The smallest absolute Gasteiger partial charge is 0.315 e. The second-order valence-corrected chi connectivity index (χ2v) is 3.73. The van der Waals surface area contributed by atoms with Crippen molar-refractivity contribution < 1.29 is 19.1 Å². The fourth-order valence-corrected chi connectivity index (χ4v) is 1.34. The highest BCUT2D eigenvalue weighted by Gasteiger charge is 2.09. The van der Waals surface area contributed by atoms with Gasteiger partial charge in [-0.05, 0) is 19.1 Å². The Bertz CT molecular complexity index is 362. The maximum Gasteiger partial charge on any atom is 0.315 e. The molecule has 0 saturated carbocycles. The summed E-state index contributed by atoms with van der Waals surface area (Å²) in [7, 11) is 0. The van der Waals surface area contributed by atoms with Gasteiger partial charge in [0.2, 0.25) is 0 Å². The van der Waals surface area contributed by atoms with Crippen LogP contribution in [-0.2, 0) is 11.2 Å². The first-order valence-electron chi connectivity index (χ1n) is 5.36. The number of aliphatic carboxylic acids is 1. The molecule has 0 aliphatic rings. The molecule has 0 fully saturated rings. The second kappa shape index (κ2) is 6.57. The molecule has 1 rings (SSSR count). The van der Waals surface area contributed by atoms with Crippen LogP contribution in [0.2, 0.25) is 0 Å². The zero-order valence-electron chi connectivity index (χ0n) is 9.60. The first kappa shape index (κ1) is 13.1. The van der Waals surface area contributed by atoms with Crippen LogP contribution >= 0.6 is 0 Å². The van der Waals surface area contributed by atoms with Crippen molar-refractivity contribution in [1.82, 2.24) is 10.6 Å². The van der Waals surface area contributed by atoms with Crippen molar-refractivity contribution in [2.75, 3.05) is 6.54 Å². The Morgan fingerprint density at radius 3 is 2.88 bits per heavy atom. The van der Waals surface area contributed by atoms with Crippen molar-refractivity contribution in [2.24, 2.45) is 0 Å². The zero-order valence-corrected chi connectivity index (χ0v) is 9.60. The molecular formula is C11H16N2O4. The number of furan rings is 1. The van der Waals surface area contributed by atoms with E-state index in [-0.39, 0.29) is 25.0 Å². The van der Waals surface area contributed by atoms with Gasteiger partial charge in [-0.15, -0.1) is 0 Å². The molecule has 1 heterocycles. The average molecular weight is 240 g/mol. The number of carboxylic acids is 1. The Morgan fingerprint density at radius 2 is 2.29 bits per heavy atom. The van der Waals surface area contributed by atoms with Crippen LogP contribution in [0.4, 0.5) is 4.79 Å². The Labute approximate surface area is 99.0 Å². The quantitative estimate of drug-likeness (QED) is 0.691. The third-order valence-electron chi connectivity index (χ3n) is 2.09. The molecule has 0 saturated heterocycles. The molecule has 1 aromatic heterocycles. The molecule has 0 aliphatic carbocycles. The Balaban J connectivity index is 2.19. The summed E-state index contributed by atoms with van der Waals surface area (Å²) in [4.78, 5) is 21.5. The average Bonchev–Trinajstić information content (AvgIpc) is 2.69. The molecule has 3 N–H and O–H groups in total. The van der Waals surface area contributed by atoms with Gasteiger partial charge in [0.1, 0.15) is 5.76 Å². The minimum absolute atomic E-state index is 0.0778. The highest BCUT2D eigenvalue weighted by Crippen LogP contribution is 2.03. The molecule has 0 radical (unpaired) electrons. The fourth-order valence-electron chi connectivity index (χ4n) is 1.34. The van der Waals surface area contributed by atoms with Crippen LogP contribution in [-0.4, -0.2) is 29.7 Å². The van der Waals surface area contributed by atoms with Gasteiger partial charge < -0.3 is 20.2 Å². The lowest BCUT2D eigenvalue weighted by Gasteiger charge is -2.12. The third kappa shape index (κ3) is 5.60. The number of carbonyl (C=O) groups is 2.